The normalized spacial score (nSPS) is 11.0. The van der Waals surface area contributed by atoms with Gasteiger partial charge < -0.3 is 15.0 Å². The van der Waals surface area contributed by atoms with Crippen molar-refractivity contribution >= 4 is 22.6 Å². The lowest BCUT2D eigenvalue weighted by Crippen LogP contribution is -2.13. The fourth-order valence-corrected chi connectivity index (χ4v) is 2.57. The average molecular weight is 331 g/mol. The number of rotatable bonds is 4. The number of benzene rings is 2. The average Bonchev–Trinajstić information content (AvgIpc) is 2.98. The SMILES string of the molecule is Cc1cc(C(=O)Nc2ccc3nc[nH]c3c2)cc(C)c1OC(F)F. The molecule has 0 aliphatic carbocycles. The van der Waals surface area contributed by atoms with Gasteiger partial charge in [0.05, 0.1) is 17.4 Å². The molecule has 3 rings (SSSR count). The van der Waals surface area contributed by atoms with E-state index in [1.165, 1.54) is 12.1 Å². The summed E-state index contributed by atoms with van der Waals surface area (Å²) in [6, 6.07) is 8.35. The summed E-state index contributed by atoms with van der Waals surface area (Å²) in [5.74, 6) is -0.232. The Morgan fingerprint density at radius 1 is 1.21 bits per heavy atom. The number of halogens is 2. The van der Waals surface area contributed by atoms with Crippen LogP contribution in [-0.4, -0.2) is 22.5 Å². The third kappa shape index (κ3) is 3.19. The summed E-state index contributed by atoms with van der Waals surface area (Å²) < 4.78 is 29.3. The summed E-state index contributed by atoms with van der Waals surface area (Å²) in [7, 11) is 0. The summed E-state index contributed by atoms with van der Waals surface area (Å²) in [6.45, 7) is 0.347. The van der Waals surface area contributed by atoms with Crippen LogP contribution in [0.5, 0.6) is 5.75 Å². The predicted octanol–water partition coefficient (Wildman–Crippen LogP) is 4.03. The molecule has 0 fully saturated rings. The van der Waals surface area contributed by atoms with Gasteiger partial charge in [0.1, 0.15) is 5.75 Å². The molecular weight excluding hydrogens is 316 g/mol. The van der Waals surface area contributed by atoms with Gasteiger partial charge >= 0.3 is 6.61 Å². The molecule has 0 unspecified atom stereocenters. The van der Waals surface area contributed by atoms with Gasteiger partial charge in [-0.05, 0) is 55.3 Å². The summed E-state index contributed by atoms with van der Waals surface area (Å²) >= 11 is 0. The summed E-state index contributed by atoms with van der Waals surface area (Å²) in [6.07, 6.45) is 1.57. The Bertz CT molecular complexity index is 883. The summed E-state index contributed by atoms with van der Waals surface area (Å²) in [5.41, 5.74) is 3.54. The molecule has 0 bridgehead atoms. The number of fused-ring (bicyclic) bond motifs is 1. The number of H-pyrrole nitrogens is 1. The Morgan fingerprint density at radius 2 is 1.92 bits per heavy atom. The van der Waals surface area contributed by atoms with Gasteiger partial charge in [0.15, 0.2) is 0 Å². The predicted molar refractivity (Wildman–Crippen MR) is 86.6 cm³/mol. The van der Waals surface area contributed by atoms with E-state index < -0.39 is 6.61 Å². The molecule has 124 valence electrons. The highest BCUT2D eigenvalue weighted by Crippen LogP contribution is 2.27. The second-order valence-corrected chi connectivity index (χ2v) is 5.41. The molecule has 2 aromatic carbocycles. The van der Waals surface area contributed by atoms with Crippen LogP contribution in [0.3, 0.4) is 0 Å². The fraction of sp³-hybridized carbons (Fsp3) is 0.176. The fourth-order valence-electron chi connectivity index (χ4n) is 2.57. The number of aromatic amines is 1. The van der Waals surface area contributed by atoms with E-state index in [-0.39, 0.29) is 11.7 Å². The third-order valence-electron chi connectivity index (χ3n) is 3.61. The minimum Gasteiger partial charge on any atom is -0.434 e. The first-order chi connectivity index (χ1) is 11.4. The number of amides is 1. The Kier molecular flexibility index (Phi) is 4.16. The van der Waals surface area contributed by atoms with Gasteiger partial charge in [-0.15, -0.1) is 0 Å². The molecule has 0 atom stereocenters. The second-order valence-electron chi connectivity index (χ2n) is 5.41. The van der Waals surface area contributed by atoms with Crippen molar-refractivity contribution in [3.8, 4) is 5.75 Å². The number of carbonyl (C=O) groups excluding carboxylic acids is 1. The lowest BCUT2D eigenvalue weighted by Gasteiger charge is -2.13. The Morgan fingerprint density at radius 3 is 2.58 bits per heavy atom. The summed E-state index contributed by atoms with van der Waals surface area (Å²) in [5, 5.41) is 2.78. The maximum absolute atomic E-state index is 12.4. The first-order valence-electron chi connectivity index (χ1n) is 7.24. The minimum absolute atomic E-state index is 0.0976. The van der Waals surface area contributed by atoms with E-state index in [0.717, 1.165) is 11.0 Å². The van der Waals surface area contributed by atoms with Crippen LogP contribution in [0.25, 0.3) is 11.0 Å². The van der Waals surface area contributed by atoms with Crippen LogP contribution in [-0.2, 0) is 0 Å². The van der Waals surface area contributed by atoms with Crippen molar-refractivity contribution in [3.63, 3.8) is 0 Å². The molecule has 0 spiro atoms. The summed E-state index contributed by atoms with van der Waals surface area (Å²) in [4.78, 5) is 19.5. The molecule has 0 saturated carbocycles. The number of nitrogens with zero attached hydrogens (tertiary/aromatic N) is 1. The van der Waals surface area contributed by atoms with E-state index in [0.29, 0.717) is 22.4 Å². The monoisotopic (exact) mass is 331 g/mol. The van der Waals surface area contributed by atoms with Crippen molar-refractivity contribution in [2.75, 3.05) is 5.32 Å². The van der Waals surface area contributed by atoms with E-state index in [1.54, 1.807) is 38.4 Å². The van der Waals surface area contributed by atoms with Crippen LogP contribution in [0.15, 0.2) is 36.7 Å². The van der Waals surface area contributed by atoms with Gasteiger partial charge in [-0.1, -0.05) is 0 Å². The molecular formula is C17H15F2N3O2. The van der Waals surface area contributed by atoms with E-state index >= 15 is 0 Å². The molecule has 7 heteroatoms. The number of nitrogens with one attached hydrogen (secondary N) is 2. The standard InChI is InChI=1S/C17H15F2N3O2/c1-9-5-11(6-10(2)15(9)24-17(18)19)16(23)22-12-3-4-13-14(7-12)21-8-20-13/h3-8,17H,1-2H3,(H,20,21)(H,22,23). The van der Waals surface area contributed by atoms with Crippen LogP contribution in [0.4, 0.5) is 14.5 Å². The van der Waals surface area contributed by atoms with Crippen LogP contribution in [0.2, 0.25) is 0 Å². The number of hydrogen-bond acceptors (Lipinski definition) is 3. The highest BCUT2D eigenvalue weighted by molar-refractivity contribution is 6.05. The quantitative estimate of drug-likeness (QED) is 0.758. The highest BCUT2D eigenvalue weighted by Gasteiger charge is 2.15. The number of anilines is 1. The number of aromatic nitrogens is 2. The second kappa shape index (κ2) is 6.27. The molecule has 1 aromatic heterocycles. The zero-order valence-electron chi connectivity index (χ0n) is 13.1. The third-order valence-corrected chi connectivity index (χ3v) is 3.61. The molecule has 24 heavy (non-hydrogen) atoms. The van der Waals surface area contributed by atoms with Gasteiger partial charge in [0.2, 0.25) is 0 Å². The van der Waals surface area contributed by atoms with E-state index in [2.05, 4.69) is 20.0 Å². The lowest BCUT2D eigenvalue weighted by atomic mass is 10.0. The number of ether oxygens (including phenoxy) is 1. The first-order valence-corrected chi connectivity index (χ1v) is 7.24. The number of imidazole rings is 1. The van der Waals surface area contributed by atoms with Crippen molar-refractivity contribution in [3.05, 3.63) is 53.3 Å². The molecule has 1 amide bonds. The number of alkyl halides is 2. The smallest absolute Gasteiger partial charge is 0.387 e. The molecule has 5 nitrogen and oxygen atoms in total. The van der Waals surface area contributed by atoms with Gasteiger partial charge in [-0.25, -0.2) is 4.98 Å². The largest absolute Gasteiger partial charge is 0.434 e. The lowest BCUT2D eigenvalue weighted by molar-refractivity contribution is -0.0507. The van der Waals surface area contributed by atoms with Gasteiger partial charge in [0.25, 0.3) is 5.91 Å². The van der Waals surface area contributed by atoms with Crippen molar-refractivity contribution < 1.29 is 18.3 Å². The van der Waals surface area contributed by atoms with Crippen LogP contribution < -0.4 is 10.1 Å². The molecule has 0 saturated heterocycles. The van der Waals surface area contributed by atoms with E-state index in [4.69, 9.17) is 0 Å². The van der Waals surface area contributed by atoms with Crippen LogP contribution in [0, 0.1) is 13.8 Å². The molecule has 0 radical (unpaired) electrons. The van der Waals surface area contributed by atoms with Crippen LogP contribution in [0.1, 0.15) is 21.5 Å². The van der Waals surface area contributed by atoms with E-state index in [1.807, 2.05) is 0 Å². The maximum Gasteiger partial charge on any atom is 0.387 e. The molecule has 0 aliphatic heterocycles. The molecule has 1 heterocycles. The Hall–Kier alpha value is -2.96. The van der Waals surface area contributed by atoms with Crippen molar-refractivity contribution in [2.45, 2.75) is 20.5 Å². The Labute approximate surface area is 136 Å². The first kappa shape index (κ1) is 15.9. The van der Waals surface area contributed by atoms with Crippen molar-refractivity contribution in [1.82, 2.24) is 9.97 Å². The maximum atomic E-state index is 12.4. The molecule has 0 aliphatic rings. The minimum atomic E-state index is -2.90. The highest BCUT2D eigenvalue weighted by atomic mass is 19.3. The topological polar surface area (TPSA) is 67.0 Å². The van der Waals surface area contributed by atoms with E-state index in [9.17, 15) is 13.6 Å². The van der Waals surface area contributed by atoms with Gasteiger partial charge in [0, 0.05) is 11.3 Å². The molecule has 2 N–H and O–H groups in total. The van der Waals surface area contributed by atoms with Crippen molar-refractivity contribution in [2.24, 2.45) is 0 Å². The zero-order valence-corrected chi connectivity index (χ0v) is 13.1. The van der Waals surface area contributed by atoms with Gasteiger partial charge in [-0.3, -0.25) is 4.79 Å². The van der Waals surface area contributed by atoms with Crippen molar-refractivity contribution in [1.29, 1.82) is 0 Å². The molecule has 3 aromatic rings. The number of carbonyl (C=O) groups is 1. The zero-order chi connectivity index (χ0) is 17.3. The van der Waals surface area contributed by atoms with Crippen LogP contribution >= 0.6 is 0 Å². The Balaban J connectivity index is 1.84. The number of aryl methyl sites for hydroxylation is 2. The number of hydrogen-bond donors (Lipinski definition) is 2. The van der Waals surface area contributed by atoms with Gasteiger partial charge in [-0.2, -0.15) is 8.78 Å².